The molecule has 3 heterocycles. The van der Waals surface area contributed by atoms with Gasteiger partial charge >= 0.3 is 18.2 Å². The SMILES string of the molecule is CCN1CC[C@@]2(C(=O)N3CCOCC3)CCN(C(=O)NC)CC[C@@H]12.O=C(O)C(F)(F)F. The Labute approximate surface area is 179 Å². The molecule has 2 atom stereocenters. The normalized spacial score (nSPS) is 26.9. The van der Waals surface area contributed by atoms with Gasteiger partial charge in [0.05, 0.1) is 18.6 Å². The predicted molar refractivity (Wildman–Crippen MR) is 104 cm³/mol. The number of hydrogen-bond donors (Lipinski definition) is 2. The van der Waals surface area contributed by atoms with Gasteiger partial charge in [0, 0.05) is 39.3 Å². The molecule has 0 spiro atoms. The molecular weight excluding hydrogens is 421 g/mol. The summed E-state index contributed by atoms with van der Waals surface area (Å²) in [6, 6.07) is 0.208. The minimum absolute atomic E-state index is 0.0352. The number of halogens is 3. The van der Waals surface area contributed by atoms with Crippen molar-refractivity contribution in [1.29, 1.82) is 0 Å². The van der Waals surface area contributed by atoms with Gasteiger partial charge in [0.1, 0.15) is 0 Å². The molecule has 3 aliphatic rings. The monoisotopic (exact) mass is 452 g/mol. The van der Waals surface area contributed by atoms with Crippen LogP contribution in [0.1, 0.15) is 26.2 Å². The summed E-state index contributed by atoms with van der Waals surface area (Å²) in [4.78, 5) is 40.7. The van der Waals surface area contributed by atoms with E-state index in [0.717, 1.165) is 38.9 Å². The van der Waals surface area contributed by atoms with E-state index in [9.17, 15) is 22.8 Å². The summed E-state index contributed by atoms with van der Waals surface area (Å²) in [5, 5.41) is 9.84. The Morgan fingerprint density at radius 2 is 1.65 bits per heavy atom. The molecule has 9 nitrogen and oxygen atoms in total. The average Bonchev–Trinajstić information content (AvgIpc) is 3.00. The molecule has 3 saturated heterocycles. The Bertz CT molecular complexity index is 657. The van der Waals surface area contributed by atoms with Crippen LogP contribution in [-0.2, 0) is 14.3 Å². The molecule has 0 aromatic heterocycles. The summed E-state index contributed by atoms with van der Waals surface area (Å²) in [6.45, 7) is 8.14. The van der Waals surface area contributed by atoms with Crippen molar-refractivity contribution >= 4 is 17.9 Å². The second-order valence-electron chi connectivity index (χ2n) is 7.84. The number of amides is 3. The van der Waals surface area contributed by atoms with Gasteiger partial charge in [-0.25, -0.2) is 9.59 Å². The number of ether oxygens (including phenoxy) is 1. The number of carboxylic acid groups (broad SMARTS) is 1. The Hall–Kier alpha value is -2.08. The Kier molecular flexibility index (Phi) is 8.52. The zero-order chi connectivity index (χ0) is 23.2. The first-order chi connectivity index (χ1) is 14.6. The van der Waals surface area contributed by atoms with Gasteiger partial charge in [-0.3, -0.25) is 9.69 Å². The van der Waals surface area contributed by atoms with E-state index in [1.165, 1.54) is 0 Å². The van der Waals surface area contributed by atoms with Crippen molar-refractivity contribution < 1.29 is 37.4 Å². The number of aliphatic carboxylic acids is 1. The van der Waals surface area contributed by atoms with E-state index in [4.69, 9.17) is 14.6 Å². The molecule has 12 heteroatoms. The van der Waals surface area contributed by atoms with E-state index in [1.54, 1.807) is 7.05 Å². The largest absolute Gasteiger partial charge is 0.490 e. The van der Waals surface area contributed by atoms with Crippen LogP contribution in [0, 0.1) is 5.41 Å². The van der Waals surface area contributed by atoms with Crippen molar-refractivity contribution in [3.05, 3.63) is 0 Å². The van der Waals surface area contributed by atoms with Gasteiger partial charge in [-0.2, -0.15) is 13.2 Å². The molecule has 2 N–H and O–H groups in total. The highest BCUT2D eigenvalue weighted by Gasteiger charge is 2.54. The maximum absolute atomic E-state index is 13.4. The van der Waals surface area contributed by atoms with E-state index < -0.39 is 12.1 Å². The lowest BCUT2D eigenvalue weighted by Gasteiger charge is -2.40. The molecule has 0 unspecified atom stereocenters. The van der Waals surface area contributed by atoms with Gasteiger partial charge in [0.2, 0.25) is 5.91 Å². The van der Waals surface area contributed by atoms with Crippen molar-refractivity contribution in [3.8, 4) is 0 Å². The molecule has 31 heavy (non-hydrogen) atoms. The van der Waals surface area contributed by atoms with Gasteiger partial charge < -0.3 is 25.0 Å². The van der Waals surface area contributed by atoms with Crippen molar-refractivity contribution in [2.75, 3.05) is 59.5 Å². The third kappa shape index (κ3) is 5.79. The van der Waals surface area contributed by atoms with Gasteiger partial charge in [0.15, 0.2) is 0 Å². The molecule has 0 radical (unpaired) electrons. The number of fused-ring (bicyclic) bond motifs is 1. The summed E-state index contributed by atoms with van der Waals surface area (Å²) >= 11 is 0. The summed E-state index contributed by atoms with van der Waals surface area (Å²) < 4.78 is 37.1. The van der Waals surface area contributed by atoms with Crippen LogP contribution in [0.15, 0.2) is 0 Å². The number of alkyl halides is 3. The van der Waals surface area contributed by atoms with Crippen LogP contribution in [-0.4, -0.2) is 109 Å². The lowest BCUT2D eigenvalue weighted by atomic mass is 9.75. The number of nitrogens with zero attached hydrogens (tertiary/aromatic N) is 3. The minimum Gasteiger partial charge on any atom is -0.475 e. The number of carbonyl (C=O) groups is 3. The summed E-state index contributed by atoms with van der Waals surface area (Å²) in [7, 11) is 1.67. The van der Waals surface area contributed by atoms with Crippen LogP contribution in [0.25, 0.3) is 0 Å². The highest BCUT2D eigenvalue weighted by Crippen LogP contribution is 2.45. The van der Waals surface area contributed by atoms with Gasteiger partial charge in [-0.1, -0.05) is 6.92 Å². The molecule has 3 amide bonds. The van der Waals surface area contributed by atoms with Crippen molar-refractivity contribution in [2.24, 2.45) is 5.41 Å². The van der Waals surface area contributed by atoms with Gasteiger partial charge in [-0.05, 0) is 32.4 Å². The first kappa shape index (κ1) is 25.2. The molecule has 3 aliphatic heterocycles. The molecule has 3 fully saturated rings. The number of morpholine rings is 1. The van der Waals surface area contributed by atoms with E-state index in [0.29, 0.717) is 32.8 Å². The number of carboxylic acids is 1. The summed E-state index contributed by atoms with van der Waals surface area (Å²) in [5.41, 5.74) is -0.337. The van der Waals surface area contributed by atoms with E-state index >= 15 is 0 Å². The quantitative estimate of drug-likeness (QED) is 0.648. The summed E-state index contributed by atoms with van der Waals surface area (Å²) in [6.07, 6.45) is -2.54. The molecule has 0 aromatic carbocycles. The van der Waals surface area contributed by atoms with E-state index in [2.05, 4.69) is 17.1 Å². The maximum atomic E-state index is 13.4. The predicted octanol–water partition coefficient (Wildman–Crippen LogP) is 0.994. The second-order valence-corrected chi connectivity index (χ2v) is 7.84. The van der Waals surface area contributed by atoms with E-state index in [1.807, 2.05) is 9.80 Å². The number of hydrogen-bond acceptors (Lipinski definition) is 5. The van der Waals surface area contributed by atoms with Crippen LogP contribution in [0.5, 0.6) is 0 Å². The molecule has 0 bridgehead atoms. The number of carbonyl (C=O) groups excluding carboxylic acids is 2. The smallest absolute Gasteiger partial charge is 0.475 e. The Morgan fingerprint density at radius 3 is 2.16 bits per heavy atom. The zero-order valence-corrected chi connectivity index (χ0v) is 17.9. The van der Waals surface area contributed by atoms with E-state index in [-0.39, 0.29) is 23.4 Å². The van der Waals surface area contributed by atoms with Crippen LogP contribution in [0.4, 0.5) is 18.0 Å². The number of nitrogens with one attached hydrogen (secondary N) is 1. The molecular formula is C19H31F3N4O5. The third-order valence-corrected chi connectivity index (χ3v) is 6.30. The van der Waals surface area contributed by atoms with Crippen LogP contribution in [0.3, 0.4) is 0 Å². The maximum Gasteiger partial charge on any atom is 0.490 e. The van der Waals surface area contributed by atoms with Crippen molar-refractivity contribution in [2.45, 2.75) is 38.4 Å². The van der Waals surface area contributed by atoms with Crippen LogP contribution >= 0.6 is 0 Å². The molecule has 0 aromatic rings. The lowest BCUT2D eigenvalue weighted by Crippen LogP contribution is -2.53. The highest BCUT2D eigenvalue weighted by atomic mass is 19.4. The standard InChI is InChI=1S/C17H30N4O3.C2HF3O2/c1-3-19-8-5-17(15(22)20-10-12-24-13-11-20)6-9-21(16(23)18-2)7-4-14(17)19;3-2(4,5)1(6)7/h14H,3-13H2,1-2H3,(H,18,23);(H,6,7)/t14-,17-;/m1./s1. The van der Waals surface area contributed by atoms with Gasteiger partial charge in [0.25, 0.3) is 0 Å². The Balaban J connectivity index is 0.000000423. The fourth-order valence-corrected chi connectivity index (χ4v) is 4.67. The average molecular weight is 452 g/mol. The molecule has 3 rings (SSSR count). The minimum atomic E-state index is -5.08. The number of rotatable bonds is 2. The highest BCUT2D eigenvalue weighted by molar-refractivity contribution is 5.84. The second kappa shape index (κ2) is 10.5. The third-order valence-electron chi connectivity index (χ3n) is 6.30. The molecule has 0 saturated carbocycles. The summed E-state index contributed by atoms with van der Waals surface area (Å²) in [5.74, 6) is -2.47. The lowest BCUT2D eigenvalue weighted by molar-refractivity contribution is -0.192. The van der Waals surface area contributed by atoms with Crippen molar-refractivity contribution in [3.63, 3.8) is 0 Å². The van der Waals surface area contributed by atoms with Crippen LogP contribution < -0.4 is 5.32 Å². The topological polar surface area (TPSA) is 102 Å². The first-order valence-electron chi connectivity index (χ1n) is 10.4. The Morgan fingerprint density at radius 1 is 1.06 bits per heavy atom. The zero-order valence-electron chi connectivity index (χ0n) is 17.9. The number of urea groups is 1. The van der Waals surface area contributed by atoms with Gasteiger partial charge in [-0.15, -0.1) is 0 Å². The molecule has 0 aliphatic carbocycles. The van der Waals surface area contributed by atoms with Crippen LogP contribution in [0.2, 0.25) is 0 Å². The molecule has 178 valence electrons. The number of likely N-dealkylation sites (tertiary alicyclic amines) is 2. The fourth-order valence-electron chi connectivity index (χ4n) is 4.67. The fraction of sp³-hybridized carbons (Fsp3) is 0.842. The van der Waals surface area contributed by atoms with Crippen molar-refractivity contribution in [1.82, 2.24) is 20.0 Å². The first-order valence-corrected chi connectivity index (χ1v) is 10.4.